The fourth-order valence-corrected chi connectivity index (χ4v) is 3.40. The number of thioether (sulfide) groups is 1. The largest absolute Gasteiger partial charge is 0.446 e. The van der Waals surface area contributed by atoms with E-state index < -0.39 is 4.92 Å². The molecule has 0 saturated heterocycles. The van der Waals surface area contributed by atoms with Gasteiger partial charge < -0.3 is 9.73 Å². The highest BCUT2D eigenvalue weighted by Crippen LogP contribution is 2.27. The first-order chi connectivity index (χ1) is 13.0. The van der Waals surface area contributed by atoms with Crippen molar-refractivity contribution in [2.24, 2.45) is 0 Å². The van der Waals surface area contributed by atoms with Gasteiger partial charge in [-0.2, -0.15) is 0 Å². The van der Waals surface area contributed by atoms with Gasteiger partial charge in [0.25, 0.3) is 5.69 Å². The number of benzene rings is 1. The van der Waals surface area contributed by atoms with E-state index in [9.17, 15) is 14.9 Å². The molecular weight excluding hydrogens is 438 g/mol. The van der Waals surface area contributed by atoms with Crippen molar-refractivity contribution < 1.29 is 14.1 Å². The van der Waals surface area contributed by atoms with E-state index in [0.717, 1.165) is 0 Å². The van der Waals surface area contributed by atoms with E-state index in [1.54, 1.807) is 12.1 Å². The Morgan fingerprint density at radius 1 is 1.30 bits per heavy atom. The molecule has 0 bridgehead atoms. The summed E-state index contributed by atoms with van der Waals surface area (Å²) < 4.78 is 7.97. The number of halogens is 1. The van der Waals surface area contributed by atoms with E-state index in [1.165, 1.54) is 36.0 Å². The number of furan rings is 1. The molecule has 9 nitrogen and oxygen atoms in total. The molecule has 1 N–H and O–H groups in total. The number of rotatable bonds is 7. The Balaban J connectivity index is 1.63. The zero-order chi connectivity index (χ0) is 19.4. The van der Waals surface area contributed by atoms with E-state index in [2.05, 4.69) is 31.4 Å². The number of nitrogens with one attached hydrogen (secondary N) is 1. The van der Waals surface area contributed by atoms with E-state index in [1.807, 2.05) is 11.5 Å². The lowest BCUT2D eigenvalue weighted by molar-refractivity contribution is -0.384. The SMILES string of the molecule is CCn1c(SCC(=O)Nc2ccc([N+](=O)[O-])cc2)nnc1-c1ccc(Br)o1. The average molecular weight is 452 g/mol. The minimum absolute atomic E-state index is 0.0319. The van der Waals surface area contributed by atoms with Crippen LogP contribution in [0.2, 0.25) is 0 Å². The van der Waals surface area contributed by atoms with Crippen LogP contribution in [0.4, 0.5) is 11.4 Å². The molecule has 0 radical (unpaired) electrons. The van der Waals surface area contributed by atoms with Crippen molar-refractivity contribution in [2.75, 3.05) is 11.1 Å². The standard InChI is InChI=1S/C16H14BrN5O4S/c1-2-21-15(12-7-8-13(17)26-12)19-20-16(21)27-9-14(23)18-10-3-5-11(6-4-10)22(24)25/h3-8H,2,9H2,1H3,(H,18,23). The van der Waals surface area contributed by atoms with Gasteiger partial charge in [0.05, 0.1) is 10.7 Å². The first-order valence-electron chi connectivity index (χ1n) is 7.84. The topological polar surface area (TPSA) is 116 Å². The van der Waals surface area contributed by atoms with Gasteiger partial charge in [-0.25, -0.2) is 0 Å². The Kier molecular flexibility index (Phi) is 5.91. The molecule has 0 aliphatic carbocycles. The van der Waals surface area contributed by atoms with Crippen LogP contribution in [0.25, 0.3) is 11.6 Å². The maximum atomic E-state index is 12.1. The fraction of sp³-hybridized carbons (Fsp3) is 0.188. The molecule has 0 saturated carbocycles. The van der Waals surface area contributed by atoms with E-state index >= 15 is 0 Å². The summed E-state index contributed by atoms with van der Waals surface area (Å²) >= 11 is 4.50. The quantitative estimate of drug-likeness (QED) is 0.328. The lowest BCUT2D eigenvalue weighted by Gasteiger charge is -2.07. The lowest BCUT2D eigenvalue weighted by atomic mass is 10.3. The first-order valence-corrected chi connectivity index (χ1v) is 9.61. The molecule has 0 unspecified atom stereocenters. The number of hydrogen-bond acceptors (Lipinski definition) is 7. The molecule has 3 aromatic rings. The van der Waals surface area contributed by atoms with E-state index in [-0.39, 0.29) is 17.3 Å². The molecule has 0 aliphatic heterocycles. The summed E-state index contributed by atoms with van der Waals surface area (Å²) in [6.45, 7) is 2.57. The summed E-state index contributed by atoms with van der Waals surface area (Å²) in [5.41, 5.74) is 0.458. The highest BCUT2D eigenvalue weighted by molar-refractivity contribution is 9.10. The lowest BCUT2D eigenvalue weighted by Crippen LogP contribution is -2.14. The minimum Gasteiger partial charge on any atom is -0.446 e. The molecule has 11 heteroatoms. The number of nitrogens with zero attached hydrogens (tertiary/aromatic N) is 4. The van der Waals surface area contributed by atoms with Crippen molar-refractivity contribution in [1.29, 1.82) is 0 Å². The van der Waals surface area contributed by atoms with Gasteiger partial charge in [0.1, 0.15) is 0 Å². The predicted molar refractivity (Wildman–Crippen MR) is 104 cm³/mol. The van der Waals surface area contributed by atoms with Crippen LogP contribution in [-0.4, -0.2) is 31.3 Å². The number of anilines is 1. The molecule has 0 atom stereocenters. The van der Waals surface area contributed by atoms with E-state index in [0.29, 0.717) is 33.6 Å². The smallest absolute Gasteiger partial charge is 0.269 e. The molecule has 2 heterocycles. The second kappa shape index (κ2) is 8.35. The van der Waals surface area contributed by atoms with Gasteiger partial charge in [0.15, 0.2) is 15.6 Å². The molecule has 3 rings (SSSR count). The van der Waals surface area contributed by atoms with Gasteiger partial charge in [0, 0.05) is 24.4 Å². The Morgan fingerprint density at radius 2 is 2.04 bits per heavy atom. The maximum absolute atomic E-state index is 12.1. The molecule has 0 fully saturated rings. The predicted octanol–water partition coefficient (Wildman–Crippen LogP) is 3.96. The normalized spacial score (nSPS) is 10.7. The Hall–Kier alpha value is -2.66. The third-order valence-electron chi connectivity index (χ3n) is 3.52. The van der Waals surface area contributed by atoms with Crippen LogP contribution in [-0.2, 0) is 11.3 Å². The van der Waals surface area contributed by atoms with Crippen molar-refractivity contribution in [2.45, 2.75) is 18.6 Å². The molecule has 27 heavy (non-hydrogen) atoms. The summed E-state index contributed by atoms with van der Waals surface area (Å²) in [6.07, 6.45) is 0. The molecule has 0 spiro atoms. The van der Waals surface area contributed by atoms with Gasteiger partial charge in [-0.15, -0.1) is 10.2 Å². The fourth-order valence-electron chi connectivity index (χ4n) is 2.29. The number of aromatic nitrogens is 3. The zero-order valence-corrected chi connectivity index (χ0v) is 16.5. The monoisotopic (exact) mass is 451 g/mol. The van der Waals surface area contributed by atoms with Gasteiger partial charge in [-0.3, -0.25) is 19.5 Å². The number of nitro benzene ring substituents is 1. The number of hydrogen-bond donors (Lipinski definition) is 1. The number of carbonyl (C=O) groups is 1. The number of nitro groups is 1. The summed E-state index contributed by atoms with van der Waals surface area (Å²) in [6, 6.07) is 9.21. The van der Waals surface area contributed by atoms with Crippen LogP contribution < -0.4 is 5.32 Å². The second-order valence-electron chi connectivity index (χ2n) is 5.30. The maximum Gasteiger partial charge on any atom is 0.269 e. The van der Waals surface area contributed by atoms with Gasteiger partial charge in [-0.1, -0.05) is 11.8 Å². The highest BCUT2D eigenvalue weighted by atomic mass is 79.9. The summed E-state index contributed by atoms with van der Waals surface area (Å²) in [5, 5.41) is 22.2. The van der Waals surface area contributed by atoms with Crippen molar-refractivity contribution in [3.8, 4) is 11.6 Å². The van der Waals surface area contributed by atoms with Crippen LogP contribution >= 0.6 is 27.7 Å². The van der Waals surface area contributed by atoms with Gasteiger partial charge in [-0.05, 0) is 47.1 Å². The summed E-state index contributed by atoms with van der Waals surface area (Å²) in [5.74, 6) is 1.04. The molecule has 140 valence electrons. The molecule has 1 aromatic carbocycles. The van der Waals surface area contributed by atoms with Crippen LogP contribution in [0.3, 0.4) is 0 Å². The zero-order valence-electron chi connectivity index (χ0n) is 14.1. The third-order valence-corrected chi connectivity index (χ3v) is 4.91. The van der Waals surface area contributed by atoms with E-state index in [4.69, 9.17) is 4.42 Å². The Bertz CT molecular complexity index is 970. The van der Waals surface area contributed by atoms with Crippen molar-refractivity contribution >= 4 is 45.0 Å². The summed E-state index contributed by atoms with van der Waals surface area (Å²) in [7, 11) is 0. The third kappa shape index (κ3) is 4.55. The number of carbonyl (C=O) groups excluding carboxylic acids is 1. The molecule has 0 aliphatic rings. The van der Waals surface area contributed by atoms with Crippen molar-refractivity contribution in [1.82, 2.24) is 14.8 Å². The molecule has 1 amide bonds. The number of non-ortho nitro benzene ring substituents is 1. The van der Waals surface area contributed by atoms with Gasteiger partial charge >= 0.3 is 0 Å². The molecular formula is C16H14BrN5O4S. The van der Waals surface area contributed by atoms with Crippen molar-refractivity contribution in [3.05, 3.63) is 51.2 Å². The number of amides is 1. The summed E-state index contributed by atoms with van der Waals surface area (Å²) in [4.78, 5) is 22.3. The van der Waals surface area contributed by atoms with Crippen LogP contribution in [0.15, 0.2) is 50.6 Å². The minimum atomic E-state index is -0.492. The van der Waals surface area contributed by atoms with Crippen LogP contribution in [0, 0.1) is 10.1 Å². The first kappa shape index (κ1) is 19.1. The van der Waals surface area contributed by atoms with Crippen molar-refractivity contribution in [3.63, 3.8) is 0 Å². The van der Waals surface area contributed by atoms with Gasteiger partial charge in [0.2, 0.25) is 11.7 Å². The van der Waals surface area contributed by atoms with Crippen LogP contribution in [0.1, 0.15) is 6.92 Å². The Labute approximate surface area is 166 Å². The van der Waals surface area contributed by atoms with Crippen LogP contribution in [0.5, 0.6) is 0 Å². The average Bonchev–Trinajstić information content (AvgIpc) is 3.25. The highest BCUT2D eigenvalue weighted by Gasteiger charge is 2.17. The Morgan fingerprint density at radius 3 is 2.63 bits per heavy atom. The second-order valence-corrected chi connectivity index (χ2v) is 7.02. The molecule has 2 aromatic heterocycles.